The Hall–Kier alpha value is -0.560. The Morgan fingerprint density at radius 2 is 0.620 bits per heavy atom. The molecule has 0 aliphatic carbocycles. The van der Waals surface area contributed by atoms with Gasteiger partial charge in [0.15, 0.2) is 0 Å². The molecule has 0 bridgehead atoms. The highest BCUT2D eigenvalue weighted by atomic mass is 16.6. The molecular formula is C57H114O14. The van der Waals surface area contributed by atoms with Gasteiger partial charge >= 0.3 is 0 Å². The minimum Gasteiger partial charge on any atom is -0.396 e. The molecule has 6 atom stereocenters. The fourth-order valence-electron chi connectivity index (χ4n) is 9.69. The Morgan fingerprint density at radius 3 is 0.972 bits per heavy atom. The Labute approximate surface area is 435 Å². The molecule has 0 aromatic carbocycles. The zero-order chi connectivity index (χ0) is 54.0. The second-order valence-corrected chi connectivity index (χ2v) is 28.0. The van der Waals surface area contributed by atoms with Crippen LogP contribution in [0.2, 0.25) is 0 Å². The van der Waals surface area contributed by atoms with Crippen LogP contribution in [0.1, 0.15) is 144 Å². The summed E-state index contributed by atoms with van der Waals surface area (Å²) in [6.07, 6.45) is 2.85. The number of rotatable bonds is 11. The predicted octanol–water partition coefficient (Wildman–Crippen LogP) is 9.58. The van der Waals surface area contributed by atoms with Crippen LogP contribution in [0, 0.1) is 54.1 Å². The van der Waals surface area contributed by atoms with Gasteiger partial charge in [-0.05, 0) is 40.9 Å². The highest BCUT2D eigenvalue weighted by molar-refractivity contribution is 4.88. The maximum atomic E-state index is 10.4. The normalized spacial score (nSPS) is 31.8. The molecule has 14 nitrogen and oxygen atoms in total. The van der Waals surface area contributed by atoms with Gasteiger partial charge in [-0.1, -0.05) is 125 Å². The van der Waals surface area contributed by atoms with Gasteiger partial charge in [0, 0.05) is 32.5 Å². The first kappa shape index (κ1) is 68.5. The molecule has 0 amide bonds. The fraction of sp³-hybridized carbons (Fsp3) is 1.00. The number of ether oxygens (including phenoxy) is 12. The van der Waals surface area contributed by atoms with E-state index >= 15 is 0 Å². The van der Waals surface area contributed by atoms with Gasteiger partial charge in [-0.15, -0.1) is 0 Å². The molecular weight excluding hydrogens is 909 g/mol. The first-order valence-corrected chi connectivity index (χ1v) is 26.9. The first-order valence-electron chi connectivity index (χ1n) is 26.9. The van der Waals surface area contributed by atoms with Crippen molar-refractivity contribution in [3.63, 3.8) is 0 Å². The highest BCUT2D eigenvalue weighted by Gasteiger charge is 2.40. The molecule has 6 unspecified atom stereocenters. The summed E-state index contributed by atoms with van der Waals surface area (Å²) in [7, 11) is 0. The van der Waals surface area contributed by atoms with E-state index in [0.717, 1.165) is 19.3 Å². The van der Waals surface area contributed by atoms with Gasteiger partial charge in [0.05, 0.1) is 172 Å². The van der Waals surface area contributed by atoms with E-state index in [4.69, 9.17) is 61.9 Å². The summed E-state index contributed by atoms with van der Waals surface area (Å²) in [4.78, 5) is 0. The molecule has 1 aliphatic heterocycles. The minimum atomic E-state index is -0.622. The Balaban J connectivity index is 3.24. The van der Waals surface area contributed by atoms with E-state index in [1.807, 2.05) is 6.92 Å². The van der Waals surface area contributed by atoms with Crippen LogP contribution in [0.4, 0.5) is 0 Å². The van der Waals surface area contributed by atoms with E-state index in [2.05, 4.69) is 118 Å². The third-order valence-corrected chi connectivity index (χ3v) is 13.0. The molecule has 0 aromatic heterocycles. The average molecular weight is 1020 g/mol. The SMILES string of the molecule is CC(C)(C)CC1(C)COCCOCCOCC(C)(CO)COCC(C)(COCCOCCO)COCC(C)(C(C)(C)C)COCCOCCOCC(C)(CC(C)(C)C)COCC(C)(CC(C)(C)C)COC1. The summed E-state index contributed by atoms with van der Waals surface area (Å²) in [6.45, 7) is 50.8. The topological polar surface area (TPSA) is 151 Å². The van der Waals surface area contributed by atoms with Gasteiger partial charge in [-0.2, -0.15) is 0 Å². The molecule has 2 N–H and O–H groups in total. The van der Waals surface area contributed by atoms with E-state index in [9.17, 15) is 5.11 Å². The standard InChI is InChI=1S/C57H114O14/c1-48(2,3)31-52(13)35-63-27-22-61-24-29-65-41-55(16,34-59)42-70-44-56(17,43-66-26-21-60-20-19-58)45-71-47-57(18,51(10,11)12)46-67-30-25-62-23-28-64-36-53(14,32-49(4,5)6)38-69-40-54(15,39-68-37-52)33-50(7,8)9/h58-59H,19-47H2,1-18H3. The molecule has 1 heterocycles. The van der Waals surface area contributed by atoms with Crippen molar-refractivity contribution in [3.05, 3.63) is 0 Å². The second-order valence-electron chi connectivity index (χ2n) is 28.0. The van der Waals surface area contributed by atoms with Crippen LogP contribution < -0.4 is 0 Å². The molecule has 0 radical (unpaired) electrons. The molecule has 0 aromatic rings. The molecule has 1 fully saturated rings. The fourth-order valence-corrected chi connectivity index (χ4v) is 9.69. The van der Waals surface area contributed by atoms with Crippen molar-refractivity contribution in [1.29, 1.82) is 0 Å². The van der Waals surface area contributed by atoms with Crippen molar-refractivity contribution >= 4 is 0 Å². The zero-order valence-corrected chi connectivity index (χ0v) is 49.3. The number of hydrogen-bond acceptors (Lipinski definition) is 14. The van der Waals surface area contributed by atoms with Crippen LogP contribution >= 0.6 is 0 Å². The Morgan fingerprint density at radius 1 is 0.338 bits per heavy atom. The van der Waals surface area contributed by atoms with E-state index in [0.29, 0.717) is 145 Å². The first-order chi connectivity index (χ1) is 32.7. The maximum Gasteiger partial charge on any atom is 0.0701 e. The number of aliphatic hydroxyl groups excluding tert-OH is 2. The van der Waals surface area contributed by atoms with Gasteiger partial charge in [0.1, 0.15) is 0 Å². The number of hydrogen-bond donors (Lipinski definition) is 2. The molecule has 1 aliphatic rings. The van der Waals surface area contributed by atoms with Crippen LogP contribution in [-0.2, 0) is 56.8 Å². The largest absolute Gasteiger partial charge is 0.396 e. The summed E-state index contributed by atoms with van der Waals surface area (Å²) in [5.41, 5.74) is -1.87. The Kier molecular flexibility index (Phi) is 31.1. The van der Waals surface area contributed by atoms with Gasteiger partial charge in [0.25, 0.3) is 0 Å². The predicted molar refractivity (Wildman–Crippen MR) is 284 cm³/mol. The average Bonchev–Trinajstić information content (AvgIpc) is 3.21. The number of aliphatic hydroxyl groups is 2. The van der Waals surface area contributed by atoms with Crippen LogP contribution in [0.5, 0.6) is 0 Å². The second kappa shape index (κ2) is 32.2. The zero-order valence-electron chi connectivity index (χ0n) is 49.3. The van der Waals surface area contributed by atoms with Gasteiger partial charge in [-0.25, -0.2) is 0 Å². The minimum absolute atomic E-state index is 0.0344. The lowest BCUT2D eigenvalue weighted by molar-refractivity contribution is -0.122. The molecule has 71 heavy (non-hydrogen) atoms. The monoisotopic (exact) mass is 1020 g/mol. The van der Waals surface area contributed by atoms with Crippen molar-refractivity contribution < 1.29 is 67.1 Å². The van der Waals surface area contributed by atoms with E-state index in [1.165, 1.54) is 0 Å². The molecule has 1 saturated heterocycles. The van der Waals surface area contributed by atoms with Gasteiger partial charge in [-0.3, -0.25) is 0 Å². The molecule has 1 rings (SSSR count). The summed E-state index contributed by atoms with van der Waals surface area (Å²) < 4.78 is 74.6. The lowest BCUT2D eigenvalue weighted by Gasteiger charge is -2.42. The Bertz CT molecular complexity index is 1360. The van der Waals surface area contributed by atoms with Crippen LogP contribution in [0.3, 0.4) is 0 Å². The molecule has 0 spiro atoms. The van der Waals surface area contributed by atoms with Crippen LogP contribution in [0.15, 0.2) is 0 Å². The molecule has 0 saturated carbocycles. The summed E-state index contributed by atoms with van der Waals surface area (Å²) in [5.74, 6) is 0. The van der Waals surface area contributed by atoms with Crippen LogP contribution in [0.25, 0.3) is 0 Å². The lowest BCUT2D eigenvalue weighted by Crippen LogP contribution is -2.44. The van der Waals surface area contributed by atoms with Crippen molar-refractivity contribution in [2.24, 2.45) is 54.1 Å². The van der Waals surface area contributed by atoms with Gasteiger partial charge in [0.2, 0.25) is 0 Å². The third-order valence-electron chi connectivity index (χ3n) is 13.0. The van der Waals surface area contributed by atoms with E-state index in [1.54, 1.807) is 0 Å². The smallest absolute Gasteiger partial charge is 0.0701 e. The quantitative estimate of drug-likeness (QED) is 0.189. The summed E-state index contributed by atoms with van der Waals surface area (Å²) >= 11 is 0. The highest BCUT2D eigenvalue weighted by Crippen LogP contribution is 2.41. The summed E-state index contributed by atoms with van der Waals surface area (Å²) in [6, 6.07) is 0. The van der Waals surface area contributed by atoms with Crippen molar-refractivity contribution in [2.45, 2.75) is 144 Å². The summed E-state index contributed by atoms with van der Waals surface area (Å²) in [5, 5.41) is 19.5. The van der Waals surface area contributed by atoms with Gasteiger partial charge < -0.3 is 67.1 Å². The van der Waals surface area contributed by atoms with E-state index in [-0.39, 0.29) is 69.7 Å². The van der Waals surface area contributed by atoms with Crippen molar-refractivity contribution in [2.75, 3.05) is 172 Å². The van der Waals surface area contributed by atoms with Crippen LogP contribution in [-0.4, -0.2) is 182 Å². The third kappa shape index (κ3) is 32.6. The molecule has 14 heteroatoms. The maximum absolute atomic E-state index is 10.4. The molecule has 426 valence electrons. The lowest BCUT2D eigenvalue weighted by atomic mass is 9.69. The van der Waals surface area contributed by atoms with E-state index < -0.39 is 10.8 Å². The van der Waals surface area contributed by atoms with Crippen molar-refractivity contribution in [3.8, 4) is 0 Å². The van der Waals surface area contributed by atoms with Crippen molar-refractivity contribution in [1.82, 2.24) is 0 Å².